The molecule has 0 radical (unpaired) electrons. The monoisotopic (exact) mass is 253 g/mol. The van der Waals surface area contributed by atoms with Gasteiger partial charge in [0.05, 0.1) is 0 Å². The van der Waals surface area contributed by atoms with Crippen molar-refractivity contribution in [3.63, 3.8) is 0 Å². The van der Waals surface area contributed by atoms with Crippen LogP contribution in [0.3, 0.4) is 0 Å². The number of piperidine rings is 1. The van der Waals surface area contributed by atoms with Gasteiger partial charge in [0, 0.05) is 31.5 Å². The van der Waals surface area contributed by atoms with E-state index in [4.69, 9.17) is 0 Å². The van der Waals surface area contributed by atoms with E-state index in [1.165, 1.54) is 0 Å². The predicted octanol–water partition coefficient (Wildman–Crippen LogP) is 2.47. The summed E-state index contributed by atoms with van der Waals surface area (Å²) in [5.41, 5.74) is 1.03. The highest BCUT2D eigenvalue weighted by Gasteiger charge is 2.56. The number of nitrogens with zero attached hydrogens (tertiary/aromatic N) is 3. The molecule has 2 atom stereocenters. The Morgan fingerprint density at radius 3 is 2.17 bits per heavy atom. The standard InChI is InChI=1S/C13H17F2N3/c1-7(2)18-5-9-10(6-18)11(9)8-3-16-13(12(14)15)17-4-8/h3-4,7,9-12H,5-6H2,1-2H3. The van der Waals surface area contributed by atoms with Gasteiger partial charge < -0.3 is 4.90 Å². The van der Waals surface area contributed by atoms with Crippen molar-refractivity contribution in [3.05, 3.63) is 23.8 Å². The fourth-order valence-corrected chi connectivity index (χ4v) is 3.11. The molecule has 0 N–H and O–H groups in total. The summed E-state index contributed by atoms with van der Waals surface area (Å²) < 4.78 is 24.7. The number of hydrogen-bond acceptors (Lipinski definition) is 3. The molecular formula is C13H17F2N3. The number of likely N-dealkylation sites (tertiary alicyclic amines) is 1. The zero-order valence-corrected chi connectivity index (χ0v) is 10.6. The van der Waals surface area contributed by atoms with Gasteiger partial charge in [-0.15, -0.1) is 0 Å². The first kappa shape index (κ1) is 12.0. The van der Waals surface area contributed by atoms with Crippen molar-refractivity contribution < 1.29 is 8.78 Å². The average Bonchev–Trinajstić information content (AvgIpc) is 2.83. The fourth-order valence-electron chi connectivity index (χ4n) is 3.11. The third-order valence-electron chi connectivity index (χ3n) is 4.22. The van der Waals surface area contributed by atoms with Crippen molar-refractivity contribution >= 4 is 0 Å². The molecule has 98 valence electrons. The largest absolute Gasteiger partial charge is 0.300 e. The Kier molecular flexibility index (Phi) is 2.81. The third kappa shape index (κ3) is 1.90. The molecule has 1 aromatic rings. The summed E-state index contributed by atoms with van der Waals surface area (Å²) in [6.45, 7) is 6.65. The lowest BCUT2D eigenvalue weighted by molar-refractivity contribution is 0.140. The summed E-state index contributed by atoms with van der Waals surface area (Å²) in [7, 11) is 0. The maximum absolute atomic E-state index is 12.4. The topological polar surface area (TPSA) is 29.0 Å². The van der Waals surface area contributed by atoms with Crippen molar-refractivity contribution in [2.75, 3.05) is 13.1 Å². The van der Waals surface area contributed by atoms with Crippen molar-refractivity contribution in [1.29, 1.82) is 0 Å². The Labute approximate surface area is 105 Å². The maximum Gasteiger partial charge on any atom is 0.297 e. The van der Waals surface area contributed by atoms with E-state index >= 15 is 0 Å². The van der Waals surface area contributed by atoms with Crippen LogP contribution in [0.2, 0.25) is 0 Å². The van der Waals surface area contributed by atoms with Gasteiger partial charge in [-0.05, 0) is 37.2 Å². The quantitative estimate of drug-likeness (QED) is 0.828. The minimum Gasteiger partial charge on any atom is -0.300 e. The van der Waals surface area contributed by atoms with Crippen molar-refractivity contribution in [2.24, 2.45) is 11.8 Å². The molecule has 2 heterocycles. The molecule has 3 rings (SSSR count). The van der Waals surface area contributed by atoms with Crippen molar-refractivity contribution in [3.8, 4) is 0 Å². The number of alkyl halides is 2. The molecule has 0 amide bonds. The predicted molar refractivity (Wildman–Crippen MR) is 63.4 cm³/mol. The van der Waals surface area contributed by atoms with Gasteiger partial charge in [-0.25, -0.2) is 18.7 Å². The molecule has 0 bridgehead atoms. The molecule has 2 aliphatic rings. The second kappa shape index (κ2) is 4.23. The number of aromatic nitrogens is 2. The van der Waals surface area contributed by atoms with E-state index < -0.39 is 6.43 Å². The average molecular weight is 253 g/mol. The molecule has 2 unspecified atom stereocenters. The Bertz CT molecular complexity index is 420. The van der Waals surface area contributed by atoms with E-state index in [0.29, 0.717) is 23.8 Å². The molecule has 0 aromatic carbocycles. The highest BCUT2D eigenvalue weighted by molar-refractivity contribution is 5.27. The summed E-state index contributed by atoms with van der Waals surface area (Å²) in [6.07, 6.45) is 0.586. The summed E-state index contributed by atoms with van der Waals surface area (Å²) in [5, 5.41) is 0. The molecule has 1 saturated heterocycles. The van der Waals surface area contributed by atoms with Crippen LogP contribution >= 0.6 is 0 Å². The van der Waals surface area contributed by atoms with E-state index in [1.807, 2.05) is 0 Å². The molecule has 1 aliphatic carbocycles. The van der Waals surface area contributed by atoms with Crippen molar-refractivity contribution in [2.45, 2.75) is 32.2 Å². The Morgan fingerprint density at radius 2 is 1.72 bits per heavy atom. The second-order valence-electron chi connectivity index (χ2n) is 5.58. The van der Waals surface area contributed by atoms with Crippen LogP contribution in [0.5, 0.6) is 0 Å². The summed E-state index contributed by atoms with van der Waals surface area (Å²) in [6, 6.07) is 0.593. The molecule has 0 spiro atoms. The Balaban J connectivity index is 1.66. The lowest BCUT2D eigenvalue weighted by atomic mass is 10.1. The van der Waals surface area contributed by atoms with Gasteiger partial charge >= 0.3 is 0 Å². The van der Waals surface area contributed by atoms with Gasteiger partial charge in [0.2, 0.25) is 0 Å². The van der Waals surface area contributed by atoms with Crippen LogP contribution < -0.4 is 0 Å². The first-order valence-corrected chi connectivity index (χ1v) is 6.42. The minimum atomic E-state index is -2.57. The van der Waals surface area contributed by atoms with Crippen LogP contribution in [-0.2, 0) is 0 Å². The van der Waals surface area contributed by atoms with Gasteiger partial charge in [0.1, 0.15) is 0 Å². The van der Waals surface area contributed by atoms with Gasteiger partial charge in [-0.2, -0.15) is 0 Å². The zero-order valence-electron chi connectivity index (χ0n) is 10.6. The van der Waals surface area contributed by atoms with Crippen LogP contribution in [0.4, 0.5) is 8.78 Å². The van der Waals surface area contributed by atoms with E-state index in [2.05, 4.69) is 28.7 Å². The zero-order chi connectivity index (χ0) is 12.9. The lowest BCUT2D eigenvalue weighted by Gasteiger charge is -2.23. The summed E-state index contributed by atoms with van der Waals surface area (Å²) >= 11 is 0. The van der Waals surface area contributed by atoms with E-state index in [1.54, 1.807) is 12.4 Å². The van der Waals surface area contributed by atoms with E-state index in [0.717, 1.165) is 18.7 Å². The van der Waals surface area contributed by atoms with E-state index in [9.17, 15) is 8.78 Å². The molecule has 3 nitrogen and oxygen atoms in total. The smallest absolute Gasteiger partial charge is 0.297 e. The second-order valence-corrected chi connectivity index (χ2v) is 5.58. The van der Waals surface area contributed by atoms with Gasteiger partial charge in [-0.3, -0.25) is 0 Å². The summed E-state index contributed by atoms with van der Waals surface area (Å²) in [4.78, 5) is 9.96. The van der Waals surface area contributed by atoms with Gasteiger partial charge in [-0.1, -0.05) is 0 Å². The summed E-state index contributed by atoms with van der Waals surface area (Å²) in [5.74, 6) is 1.47. The van der Waals surface area contributed by atoms with Crippen molar-refractivity contribution in [1.82, 2.24) is 14.9 Å². The highest BCUT2D eigenvalue weighted by Crippen LogP contribution is 2.58. The highest BCUT2D eigenvalue weighted by atomic mass is 19.3. The lowest BCUT2D eigenvalue weighted by Crippen LogP contribution is -2.31. The number of hydrogen-bond donors (Lipinski definition) is 0. The third-order valence-corrected chi connectivity index (χ3v) is 4.22. The van der Waals surface area contributed by atoms with Gasteiger partial charge in [0.25, 0.3) is 6.43 Å². The van der Waals surface area contributed by atoms with Crippen LogP contribution in [0, 0.1) is 11.8 Å². The van der Waals surface area contributed by atoms with Gasteiger partial charge in [0.15, 0.2) is 5.82 Å². The molecule has 5 heteroatoms. The molecule has 1 saturated carbocycles. The molecule has 1 aliphatic heterocycles. The molecule has 2 fully saturated rings. The van der Waals surface area contributed by atoms with E-state index in [-0.39, 0.29) is 5.82 Å². The molecule has 1 aromatic heterocycles. The molecular weight excluding hydrogens is 236 g/mol. The first-order chi connectivity index (χ1) is 8.58. The minimum absolute atomic E-state index is 0.367. The number of fused-ring (bicyclic) bond motifs is 1. The number of rotatable bonds is 3. The Hall–Kier alpha value is -1.10. The normalized spacial score (nSPS) is 31.1. The Morgan fingerprint density at radius 1 is 1.17 bits per heavy atom. The molecule has 18 heavy (non-hydrogen) atoms. The van der Waals surface area contributed by atoms with Crippen LogP contribution in [0.25, 0.3) is 0 Å². The van der Waals surface area contributed by atoms with Crippen LogP contribution in [-0.4, -0.2) is 34.0 Å². The maximum atomic E-state index is 12.4. The fraction of sp³-hybridized carbons (Fsp3) is 0.692. The van der Waals surface area contributed by atoms with Crippen LogP contribution in [0.1, 0.15) is 37.6 Å². The van der Waals surface area contributed by atoms with Crippen LogP contribution in [0.15, 0.2) is 12.4 Å². The number of halogens is 2. The SMILES string of the molecule is CC(C)N1CC2C(C1)C2c1cnc(C(F)F)nc1. The first-order valence-electron chi connectivity index (χ1n) is 6.42.